The Hall–Kier alpha value is -1.82. The first-order valence-electron chi connectivity index (χ1n) is 6.99. The lowest BCUT2D eigenvalue weighted by Gasteiger charge is -2.08. The van der Waals surface area contributed by atoms with E-state index >= 15 is 0 Å². The van der Waals surface area contributed by atoms with Crippen LogP contribution in [0.1, 0.15) is 25.3 Å². The Bertz CT molecular complexity index is 635. The zero-order valence-corrected chi connectivity index (χ0v) is 12.8. The van der Waals surface area contributed by atoms with E-state index < -0.39 is 0 Å². The smallest absolute Gasteiger partial charge is 0.277 e. The largest absolute Gasteiger partial charge is 0.411 e. The number of nitrogens with zero attached hydrogens (tertiary/aromatic N) is 2. The second-order valence-electron chi connectivity index (χ2n) is 5.28. The molecule has 3 rings (SSSR count). The highest BCUT2D eigenvalue weighted by atomic mass is 32.2. The molecule has 5 nitrogen and oxygen atoms in total. The predicted octanol–water partition coefficient (Wildman–Crippen LogP) is 2.80. The molecule has 1 amide bonds. The summed E-state index contributed by atoms with van der Waals surface area (Å²) in [6, 6.07) is 8.25. The van der Waals surface area contributed by atoms with Crippen molar-refractivity contribution in [3.8, 4) is 11.5 Å². The minimum atomic E-state index is -0.239. The number of carbonyl (C=O) groups excluding carboxylic acids is 1. The minimum Gasteiger partial charge on any atom is -0.411 e. The quantitative estimate of drug-likeness (QED) is 0.860. The Morgan fingerprint density at radius 3 is 2.71 bits per heavy atom. The van der Waals surface area contributed by atoms with Gasteiger partial charge in [0.05, 0.1) is 5.25 Å². The van der Waals surface area contributed by atoms with Crippen LogP contribution in [-0.2, 0) is 4.79 Å². The van der Waals surface area contributed by atoms with Crippen LogP contribution < -0.4 is 5.32 Å². The van der Waals surface area contributed by atoms with Crippen LogP contribution in [0.3, 0.4) is 0 Å². The highest BCUT2D eigenvalue weighted by molar-refractivity contribution is 8.00. The summed E-state index contributed by atoms with van der Waals surface area (Å²) in [6.07, 6.45) is 2.17. The first-order valence-corrected chi connectivity index (χ1v) is 7.87. The predicted molar refractivity (Wildman–Crippen MR) is 81.0 cm³/mol. The standard InChI is InChI=1S/C15H17N3O2S/c1-9-3-5-11(6-4-9)14-17-18-15(20-14)21-10(2)13(19)16-12-7-8-12/h3-6,10,12H,7-8H2,1-2H3,(H,16,19)/t10-/m1/s1. The molecule has 1 heterocycles. The molecule has 6 heteroatoms. The third kappa shape index (κ3) is 3.64. The third-order valence-corrected chi connectivity index (χ3v) is 4.21. The summed E-state index contributed by atoms with van der Waals surface area (Å²) in [6.45, 7) is 3.87. The molecule has 0 saturated heterocycles. The van der Waals surface area contributed by atoms with Crippen molar-refractivity contribution in [2.75, 3.05) is 0 Å². The van der Waals surface area contributed by atoms with Crippen molar-refractivity contribution in [1.29, 1.82) is 0 Å². The number of aryl methyl sites for hydroxylation is 1. The highest BCUT2D eigenvalue weighted by Gasteiger charge is 2.26. The Kier molecular flexibility index (Phi) is 3.96. The fourth-order valence-electron chi connectivity index (χ4n) is 1.82. The third-order valence-electron chi connectivity index (χ3n) is 3.28. The van der Waals surface area contributed by atoms with Gasteiger partial charge in [0.15, 0.2) is 0 Å². The summed E-state index contributed by atoms with van der Waals surface area (Å²) >= 11 is 1.29. The molecule has 1 atom stereocenters. The second kappa shape index (κ2) is 5.89. The van der Waals surface area contributed by atoms with E-state index in [0.29, 0.717) is 17.2 Å². The van der Waals surface area contributed by atoms with E-state index in [2.05, 4.69) is 15.5 Å². The zero-order valence-electron chi connectivity index (χ0n) is 12.0. The lowest BCUT2D eigenvalue weighted by atomic mass is 10.1. The van der Waals surface area contributed by atoms with E-state index in [9.17, 15) is 4.79 Å². The van der Waals surface area contributed by atoms with Crippen LogP contribution in [0.15, 0.2) is 33.9 Å². The summed E-state index contributed by atoms with van der Waals surface area (Å²) in [5.41, 5.74) is 2.06. The first-order chi connectivity index (χ1) is 10.1. The van der Waals surface area contributed by atoms with Crippen LogP contribution in [0, 0.1) is 6.92 Å². The van der Waals surface area contributed by atoms with Crippen molar-refractivity contribution >= 4 is 17.7 Å². The monoisotopic (exact) mass is 303 g/mol. The second-order valence-corrected chi connectivity index (χ2v) is 6.57. The van der Waals surface area contributed by atoms with Gasteiger partial charge in [-0.1, -0.05) is 29.5 Å². The zero-order chi connectivity index (χ0) is 14.8. The fraction of sp³-hybridized carbons (Fsp3) is 0.400. The molecule has 1 aromatic carbocycles. The number of amides is 1. The van der Waals surface area contributed by atoms with Gasteiger partial charge in [-0.05, 0) is 38.8 Å². The number of aromatic nitrogens is 2. The van der Waals surface area contributed by atoms with Crippen molar-refractivity contribution < 1.29 is 9.21 Å². The Labute approximate surface area is 127 Å². The number of thioether (sulfide) groups is 1. The van der Waals surface area contributed by atoms with Gasteiger partial charge in [0.1, 0.15) is 0 Å². The molecule has 21 heavy (non-hydrogen) atoms. The van der Waals surface area contributed by atoms with Gasteiger partial charge in [-0.3, -0.25) is 4.79 Å². The number of hydrogen-bond donors (Lipinski definition) is 1. The van der Waals surface area contributed by atoms with Crippen LogP contribution in [0.5, 0.6) is 0 Å². The lowest BCUT2D eigenvalue weighted by molar-refractivity contribution is -0.120. The van der Waals surface area contributed by atoms with Gasteiger partial charge in [-0.2, -0.15) is 0 Å². The maximum Gasteiger partial charge on any atom is 0.277 e. The average molecular weight is 303 g/mol. The number of benzene rings is 1. The van der Waals surface area contributed by atoms with Crippen molar-refractivity contribution in [2.45, 2.75) is 43.2 Å². The summed E-state index contributed by atoms with van der Waals surface area (Å²) in [7, 11) is 0. The van der Waals surface area contributed by atoms with Crippen LogP contribution in [-0.4, -0.2) is 27.4 Å². The minimum absolute atomic E-state index is 0.0255. The molecule has 1 aliphatic rings. The van der Waals surface area contributed by atoms with Gasteiger partial charge < -0.3 is 9.73 Å². The Morgan fingerprint density at radius 1 is 1.33 bits per heavy atom. The van der Waals surface area contributed by atoms with E-state index in [1.807, 2.05) is 38.1 Å². The molecular formula is C15H17N3O2S. The number of nitrogens with one attached hydrogen (secondary N) is 1. The molecule has 0 radical (unpaired) electrons. The molecule has 2 aromatic rings. The van der Waals surface area contributed by atoms with Crippen LogP contribution in [0.25, 0.3) is 11.5 Å². The Morgan fingerprint density at radius 2 is 2.05 bits per heavy atom. The van der Waals surface area contributed by atoms with E-state index in [1.54, 1.807) is 0 Å². The fourth-order valence-corrected chi connectivity index (χ4v) is 2.51. The molecule has 0 bridgehead atoms. The van der Waals surface area contributed by atoms with Crippen LogP contribution in [0.2, 0.25) is 0 Å². The molecule has 110 valence electrons. The van der Waals surface area contributed by atoms with E-state index in [1.165, 1.54) is 17.3 Å². The number of hydrogen-bond acceptors (Lipinski definition) is 5. The molecular weight excluding hydrogens is 286 g/mol. The number of carbonyl (C=O) groups is 1. The molecule has 1 saturated carbocycles. The molecule has 1 aromatic heterocycles. The maximum atomic E-state index is 11.9. The van der Waals surface area contributed by atoms with Gasteiger partial charge in [-0.15, -0.1) is 10.2 Å². The van der Waals surface area contributed by atoms with Gasteiger partial charge >= 0.3 is 0 Å². The molecule has 1 N–H and O–H groups in total. The van der Waals surface area contributed by atoms with Crippen molar-refractivity contribution in [3.63, 3.8) is 0 Å². The van der Waals surface area contributed by atoms with E-state index in [4.69, 9.17) is 4.42 Å². The summed E-state index contributed by atoms with van der Waals surface area (Å²) < 4.78 is 5.61. The van der Waals surface area contributed by atoms with Crippen molar-refractivity contribution in [2.24, 2.45) is 0 Å². The normalized spacial score (nSPS) is 15.7. The van der Waals surface area contributed by atoms with Crippen LogP contribution in [0.4, 0.5) is 0 Å². The highest BCUT2D eigenvalue weighted by Crippen LogP contribution is 2.27. The first kappa shape index (κ1) is 14.1. The van der Waals surface area contributed by atoms with Crippen molar-refractivity contribution in [3.05, 3.63) is 29.8 Å². The van der Waals surface area contributed by atoms with Crippen molar-refractivity contribution in [1.82, 2.24) is 15.5 Å². The summed E-state index contributed by atoms with van der Waals surface area (Å²) in [5.74, 6) is 0.505. The molecule has 0 aliphatic heterocycles. The van der Waals surface area contributed by atoms with E-state index in [0.717, 1.165) is 18.4 Å². The molecule has 0 spiro atoms. The molecule has 1 aliphatic carbocycles. The lowest BCUT2D eigenvalue weighted by Crippen LogP contribution is -2.32. The summed E-state index contributed by atoms with van der Waals surface area (Å²) in [4.78, 5) is 11.9. The maximum absolute atomic E-state index is 11.9. The summed E-state index contributed by atoms with van der Waals surface area (Å²) in [5, 5.41) is 11.2. The average Bonchev–Trinajstić information content (AvgIpc) is 3.16. The van der Waals surface area contributed by atoms with E-state index in [-0.39, 0.29) is 11.2 Å². The van der Waals surface area contributed by atoms with Gasteiger partial charge in [0.2, 0.25) is 11.8 Å². The van der Waals surface area contributed by atoms with Crippen LogP contribution >= 0.6 is 11.8 Å². The molecule has 0 unspecified atom stereocenters. The topological polar surface area (TPSA) is 68.0 Å². The van der Waals surface area contributed by atoms with Gasteiger partial charge in [0.25, 0.3) is 5.22 Å². The Balaban J connectivity index is 1.64. The van der Waals surface area contributed by atoms with Gasteiger partial charge in [0, 0.05) is 11.6 Å². The molecule has 1 fully saturated rings. The number of rotatable bonds is 5. The SMILES string of the molecule is Cc1ccc(-c2nnc(S[C@H](C)C(=O)NC3CC3)o2)cc1. The van der Waals surface area contributed by atoms with Gasteiger partial charge in [-0.25, -0.2) is 0 Å².